The summed E-state index contributed by atoms with van der Waals surface area (Å²) in [7, 11) is 0. The van der Waals surface area contributed by atoms with Crippen LogP contribution in [0.2, 0.25) is 0 Å². The minimum atomic E-state index is -0.679. The van der Waals surface area contributed by atoms with Crippen LogP contribution < -0.4 is 11.1 Å². The van der Waals surface area contributed by atoms with E-state index in [1.54, 1.807) is 38.1 Å². The second-order valence-corrected chi connectivity index (χ2v) is 5.54. The van der Waals surface area contributed by atoms with E-state index >= 15 is 0 Å². The van der Waals surface area contributed by atoms with Gasteiger partial charge < -0.3 is 20.7 Å². The lowest BCUT2D eigenvalue weighted by molar-refractivity contribution is -0.118. The first-order valence-corrected chi connectivity index (χ1v) is 7.38. The summed E-state index contributed by atoms with van der Waals surface area (Å²) in [6, 6.07) is 5.91. The Hall–Kier alpha value is -3.16. The summed E-state index contributed by atoms with van der Waals surface area (Å²) < 4.78 is 5.16. The number of nitrogens with two attached hydrogens (primary N) is 1. The van der Waals surface area contributed by atoms with Crippen LogP contribution in [0, 0.1) is 13.8 Å². The number of aromatic nitrogens is 3. The van der Waals surface area contributed by atoms with Crippen LogP contribution in [0.25, 0.3) is 11.1 Å². The van der Waals surface area contributed by atoms with Crippen molar-refractivity contribution in [1.29, 1.82) is 0 Å². The Bertz CT molecular complexity index is 889. The Morgan fingerprint density at radius 2 is 2.00 bits per heavy atom. The van der Waals surface area contributed by atoms with Crippen LogP contribution in [-0.4, -0.2) is 32.2 Å². The highest BCUT2D eigenvalue weighted by molar-refractivity contribution is 5.91. The van der Waals surface area contributed by atoms with E-state index in [9.17, 15) is 9.90 Å². The molecule has 8 heteroatoms. The fraction of sp³-hybridized carbons (Fsp3) is 0.250. The highest BCUT2D eigenvalue weighted by Crippen LogP contribution is 2.24. The first-order chi connectivity index (χ1) is 11.4. The van der Waals surface area contributed by atoms with Crippen LogP contribution in [0.3, 0.4) is 0 Å². The van der Waals surface area contributed by atoms with Crippen molar-refractivity contribution in [2.24, 2.45) is 5.73 Å². The second kappa shape index (κ2) is 6.15. The number of hydrogen-bond donors (Lipinski definition) is 3. The number of rotatable bonds is 5. The maximum atomic E-state index is 11.8. The average molecular weight is 327 g/mol. The highest BCUT2D eigenvalue weighted by Gasteiger charge is 2.21. The van der Waals surface area contributed by atoms with Gasteiger partial charge in [-0.2, -0.15) is 4.98 Å². The number of phenols is 1. The van der Waals surface area contributed by atoms with Gasteiger partial charge in [-0.1, -0.05) is 17.3 Å². The average Bonchev–Trinajstić information content (AvgIpc) is 2.89. The number of fused-ring (bicyclic) bond motifs is 1. The van der Waals surface area contributed by atoms with Gasteiger partial charge in [-0.15, -0.1) is 0 Å². The predicted octanol–water partition coefficient (Wildman–Crippen LogP) is 1.45. The smallest absolute Gasteiger partial charge is 0.263 e. The number of phenolic OH excluding ortho intramolecular Hbond substituents is 1. The van der Waals surface area contributed by atoms with Gasteiger partial charge in [0, 0.05) is 6.42 Å². The third-order valence-corrected chi connectivity index (χ3v) is 3.65. The van der Waals surface area contributed by atoms with Crippen LogP contribution >= 0.6 is 0 Å². The van der Waals surface area contributed by atoms with Crippen molar-refractivity contribution in [2.75, 3.05) is 5.32 Å². The number of aromatic hydroxyl groups is 1. The minimum Gasteiger partial charge on any atom is -0.508 e. The molecule has 24 heavy (non-hydrogen) atoms. The Morgan fingerprint density at radius 1 is 1.29 bits per heavy atom. The maximum absolute atomic E-state index is 11.8. The number of nitrogens with zero attached hydrogens (tertiary/aromatic N) is 3. The monoisotopic (exact) mass is 327 g/mol. The summed E-state index contributed by atoms with van der Waals surface area (Å²) in [6.45, 7) is 3.50. The molecule has 8 nitrogen and oxygen atoms in total. The first-order valence-electron chi connectivity index (χ1n) is 7.38. The number of anilines is 1. The molecule has 1 aromatic carbocycles. The summed E-state index contributed by atoms with van der Waals surface area (Å²) in [5.41, 5.74) is 7.36. The molecule has 124 valence electrons. The number of carbonyl (C=O) groups is 1. The molecule has 3 rings (SSSR count). The number of hydrogen-bond acceptors (Lipinski definition) is 7. The molecular weight excluding hydrogens is 310 g/mol. The fourth-order valence-electron chi connectivity index (χ4n) is 2.46. The zero-order valence-electron chi connectivity index (χ0n) is 13.3. The van der Waals surface area contributed by atoms with Crippen molar-refractivity contribution in [3.05, 3.63) is 41.3 Å². The van der Waals surface area contributed by atoms with Gasteiger partial charge in [-0.25, -0.2) is 4.98 Å². The first kappa shape index (κ1) is 15.7. The summed E-state index contributed by atoms with van der Waals surface area (Å²) in [5, 5.41) is 16.9. The Labute approximate surface area is 137 Å². The SMILES string of the molecule is Cc1nc(N[C@@H](Cc2ccc(O)cc2)C(N)=O)c2c(C)noc2n1. The molecular formula is C16H17N5O3. The predicted molar refractivity (Wildman–Crippen MR) is 87.5 cm³/mol. The van der Waals surface area contributed by atoms with E-state index in [4.69, 9.17) is 10.3 Å². The lowest BCUT2D eigenvalue weighted by Crippen LogP contribution is -2.37. The standard InChI is InChI=1S/C16H17N5O3/c1-8-13-15(18-9(2)19-16(13)24-21-8)20-12(14(17)23)7-10-3-5-11(22)6-4-10/h3-6,12,22H,7H2,1-2H3,(H2,17,23)(H,18,19,20)/t12-/m0/s1. The molecule has 0 saturated heterocycles. The fourth-order valence-corrected chi connectivity index (χ4v) is 2.46. The molecule has 0 unspecified atom stereocenters. The summed E-state index contributed by atoms with van der Waals surface area (Å²) >= 11 is 0. The Balaban J connectivity index is 1.92. The second-order valence-electron chi connectivity index (χ2n) is 5.54. The quantitative estimate of drug-likeness (QED) is 0.647. The lowest BCUT2D eigenvalue weighted by Gasteiger charge is -2.17. The molecule has 4 N–H and O–H groups in total. The summed E-state index contributed by atoms with van der Waals surface area (Å²) in [4.78, 5) is 20.4. The van der Waals surface area contributed by atoms with Gasteiger partial charge in [-0.3, -0.25) is 4.79 Å². The molecule has 2 aromatic heterocycles. The Morgan fingerprint density at radius 3 is 2.67 bits per heavy atom. The van der Waals surface area contributed by atoms with Crippen molar-refractivity contribution in [2.45, 2.75) is 26.3 Å². The molecule has 1 amide bonds. The number of amides is 1. The maximum Gasteiger partial charge on any atom is 0.263 e. The van der Waals surface area contributed by atoms with Crippen LogP contribution in [0.5, 0.6) is 5.75 Å². The van der Waals surface area contributed by atoms with E-state index in [0.29, 0.717) is 34.9 Å². The van der Waals surface area contributed by atoms with Gasteiger partial charge >= 0.3 is 0 Å². The van der Waals surface area contributed by atoms with Crippen molar-refractivity contribution < 1.29 is 14.4 Å². The third-order valence-electron chi connectivity index (χ3n) is 3.65. The van der Waals surface area contributed by atoms with Crippen molar-refractivity contribution in [1.82, 2.24) is 15.1 Å². The van der Waals surface area contributed by atoms with E-state index < -0.39 is 11.9 Å². The van der Waals surface area contributed by atoms with Gasteiger partial charge in [0.25, 0.3) is 5.71 Å². The molecule has 0 aliphatic carbocycles. The number of nitrogens with one attached hydrogen (secondary N) is 1. The van der Waals surface area contributed by atoms with Gasteiger partial charge in [-0.05, 0) is 31.5 Å². The molecule has 0 radical (unpaired) electrons. The van der Waals surface area contributed by atoms with Gasteiger partial charge in [0.2, 0.25) is 5.91 Å². The van der Waals surface area contributed by atoms with Crippen LogP contribution in [0.1, 0.15) is 17.1 Å². The zero-order chi connectivity index (χ0) is 17.3. The normalized spacial score (nSPS) is 12.2. The molecule has 0 spiro atoms. The topological polar surface area (TPSA) is 127 Å². The van der Waals surface area contributed by atoms with E-state index in [-0.39, 0.29) is 5.75 Å². The molecule has 2 heterocycles. The molecule has 3 aromatic rings. The molecule has 0 aliphatic heterocycles. The number of carbonyl (C=O) groups excluding carboxylic acids is 1. The highest BCUT2D eigenvalue weighted by atomic mass is 16.5. The van der Waals surface area contributed by atoms with E-state index in [2.05, 4.69) is 20.4 Å². The largest absolute Gasteiger partial charge is 0.508 e. The number of benzene rings is 1. The van der Waals surface area contributed by atoms with Gasteiger partial charge in [0.05, 0.1) is 5.69 Å². The lowest BCUT2D eigenvalue weighted by atomic mass is 10.1. The van der Waals surface area contributed by atoms with E-state index in [1.807, 2.05) is 0 Å². The zero-order valence-corrected chi connectivity index (χ0v) is 13.3. The van der Waals surface area contributed by atoms with E-state index in [1.165, 1.54) is 0 Å². The molecule has 0 bridgehead atoms. The van der Waals surface area contributed by atoms with Crippen molar-refractivity contribution in [3.8, 4) is 5.75 Å². The van der Waals surface area contributed by atoms with Crippen LogP contribution in [0.4, 0.5) is 5.82 Å². The van der Waals surface area contributed by atoms with Gasteiger partial charge in [0.1, 0.15) is 28.8 Å². The molecule has 0 fully saturated rings. The van der Waals surface area contributed by atoms with Crippen LogP contribution in [-0.2, 0) is 11.2 Å². The van der Waals surface area contributed by atoms with E-state index in [0.717, 1.165) is 5.56 Å². The van der Waals surface area contributed by atoms with Crippen molar-refractivity contribution in [3.63, 3.8) is 0 Å². The Kier molecular flexibility index (Phi) is 4.03. The van der Waals surface area contributed by atoms with Gasteiger partial charge in [0.15, 0.2) is 0 Å². The number of aryl methyl sites for hydroxylation is 2. The third kappa shape index (κ3) is 3.12. The molecule has 0 aliphatic rings. The summed E-state index contributed by atoms with van der Waals surface area (Å²) in [5.74, 6) is 0.602. The minimum absolute atomic E-state index is 0.163. The molecule has 1 atom stereocenters. The van der Waals surface area contributed by atoms with Crippen LogP contribution in [0.15, 0.2) is 28.8 Å². The molecule has 0 saturated carbocycles. The summed E-state index contributed by atoms with van der Waals surface area (Å²) in [6.07, 6.45) is 0.352. The number of primary amides is 1. The van der Waals surface area contributed by atoms with Crippen molar-refractivity contribution >= 4 is 22.8 Å².